The Morgan fingerprint density at radius 3 is 2.76 bits per heavy atom. The third-order valence-corrected chi connectivity index (χ3v) is 2.98. The molecule has 1 aromatic rings. The highest BCUT2D eigenvalue weighted by Crippen LogP contribution is 2.22. The topological polar surface area (TPSA) is 38.3 Å². The molecule has 0 saturated heterocycles. The van der Waals surface area contributed by atoms with Crippen molar-refractivity contribution in [1.29, 1.82) is 0 Å². The number of hydrogen-bond acceptors (Lipinski definition) is 2. The van der Waals surface area contributed by atoms with Gasteiger partial charge in [-0.3, -0.25) is 4.79 Å². The number of rotatable bonds is 5. The normalized spacial score (nSPS) is 12.0. The van der Waals surface area contributed by atoms with Crippen LogP contribution < -0.4 is 10.1 Å². The maximum absolute atomic E-state index is 11.7. The van der Waals surface area contributed by atoms with Crippen molar-refractivity contribution in [2.45, 2.75) is 32.7 Å². The second-order valence-corrected chi connectivity index (χ2v) is 4.42. The molecule has 17 heavy (non-hydrogen) atoms. The first-order valence-electron chi connectivity index (χ1n) is 5.68. The first-order valence-corrected chi connectivity index (χ1v) is 6.06. The van der Waals surface area contributed by atoms with Gasteiger partial charge >= 0.3 is 0 Å². The van der Waals surface area contributed by atoms with Crippen LogP contribution in [0.2, 0.25) is 5.02 Å². The van der Waals surface area contributed by atoms with E-state index >= 15 is 0 Å². The van der Waals surface area contributed by atoms with E-state index in [0.717, 1.165) is 12.0 Å². The zero-order valence-electron chi connectivity index (χ0n) is 10.4. The van der Waals surface area contributed by atoms with Gasteiger partial charge < -0.3 is 10.1 Å². The van der Waals surface area contributed by atoms with Crippen molar-refractivity contribution < 1.29 is 9.53 Å². The van der Waals surface area contributed by atoms with Crippen LogP contribution in [0, 0.1) is 0 Å². The van der Waals surface area contributed by atoms with Crippen LogP contribution in [0.15, 0.2) is 18.2 Å². The van der Waals surface area contributed by atoms with E-state index in [1.807, 2.05) is 19.9 Å². The third kappa shape index (κ3) is 4.27. The smallest absolute Gasteiger partial charge is 0.224 e. The summed E-state index contributed by atoms with van der Waals surface area (Å²) in [4.78, 5) is 11.7. The van der Waals surface area contributed by atoms with Gasteiger partial charge in [0, 0.05) is 11.1 Å². The second-order valence-electron chi connectivity index (χ2n) is 4.01. The average molecular weight is 256 g/mol. The molecule has 0 fully saturated rings. The molecule has 1 rings (SSSR count). The largest absolute Gasteiger partial charge is 0.497 e. The molecule has 1 N–H and O–H groups in total. The highest BCUT2D eigenvalue weighted by atomic mass is 35.5. The Kier molecular flexibility index (Phi) is 5.29. The molecule has 4 heteroatoms. The van der Waals surface area contributed by atoms with Crippen molar-refractivity contribution in [3.63, 3.8) is 0 Å². The van der Waals surface area contributed by atoms with E-state index in [1.54, 1.807) is 19.2 Å². The number of benzene rings is 1. The van der Waals surface area contributed by atoms with E-state index in [1.165, 1.54) is 0 Å². The summed E-state index contributed by atoms with van der Waals surface area (Å²) in [6, 6.07) is 5.53. The lowest BCUT2D eigenvalue weighted by atomic mass is 10.1. The maximum Gasteiger partial charge on any atom is 0.224 e. The quantitative estimate of drug-likeness (QED) is 0.879. The van der Waals surface area contributed by atoms with Gasteiger partial charge in [0.25, 0.3) is 0 Å². The van der Waals surface area contributed by atoms with Gasteiger partial charge in [-0.05, 0) is 31.0 Å². The molecule has 1 amide bonds. The summed E-state index contributed by atoms with van der Waals surface area (Å²) in [6.45, 7) is 4.01. The molecule has 0 aromatic heterocycles. The zero-order chi connectivity index (χ0) is 12.8. The van der Waals surface area contributed by atoms with Crippen LogP contribution >= 0.6 is 11.6 Å². The molecule has 1 unspecified atom stereocenters. The molecule has 0 radical (unpaired) electrons. The molecule has 0 heterocycles. The van der Waals surface area contributed by atoms with Crippen molar-refractivity contribution in [3.8, 4) is 5.75 Å². The van der Waals surface area contributed by atoms with Crippen molar-refractivity contribution in [1.82, 2.24) is 5.32 Å². The summed E-state index contributed by atoms with van der Waals surface area (Å²) in [5, 5.41) is 3.46. The molecule has 0 aliphatic heterocycles. The highest BCUT2D eigenvalue weighted by molar-refractivity contribution is 6.31. The minimum Gasteiger partial charge on any atom is -0.497 e. The predicted octanol–water partition coefficient (Wildman–Crippen LogP) is 2.81. The van der Waals surface area contributed by atoms with Gasteiger partial charge in [0.1, 0.15) is 5.75 Å². The lowest BCUT2D eigenvalue weighted by molar-refractivity contribution is -0.121. The third-order valence-electron chi connectivity index (χ3n) is 2.63. The number of carbonyl (C=O) groups is 1. The Bertz CT molecular complexity index is 393. The van der Waals surface area contributed by atoms with Crippen LogP contribution in [0.5, 0.6) is 5.75 Å². The van der Waals surface area contributed by atoms with Crippen LogP contribution in [-0.2, 0) is 11.2 Å². The summed E-state index contributed by atoms with van der Waals surface area (Å²) in [5.41, 5.74) is 0.813. The molecule has 0 saturated carbocycles. The fraction of sp³-hybridized carbons (Fsp3) is 0.462. The van der Waals surface area contributed by atoms with Gasteiger partial charge in [-0.15, -0.1) is 0 Å². The predicted molar refractivity (Wildman–Crippen MR) is 69.6 cm³/mol. The molecule has 1 aromatic carbocycles. The lowest BCUT2D eigenvalue weighted by Crippen LogP contribution is -2.33. The van der Waals surface area contributed by atoms with E-state index in [0.29, 0.717) is 17.2 Å². The molecule has 1 atom stereocenters. The second kappa shape index (κ2) is 6.50. The van der Waals surface area contributed by atoms with Crippen molar-refractivity contribution in [2.75, 3.05) is 7.11 Å². The summed E-state index contributed by atoms with van der Waals surface area (Å²) >= 11 is 6.06. The van der Waals surface area contributed by atoms with Gasteiger partial charge in [-0.1, -0.05) is 24.6 Å². The van der Waals surface area contributed by atoms with Crippen LogP contribution in [0.1, 0.15) is 25.8 Å². The molecule has 0 aliphatic rings. The van der Waals surface area contributed by atoms with Gasteiger partial charge in [0.15, 0.2) is 0 Å². The average Bonchev–Trinajstić information content (AvgIpc) is 2.31. The van der Waals surface area contributed by atoms with Crippen LogP contribution in [-0.4, -0.2) is 19.1 Å². The van der Waals surface area contributed by atoms with Gasteiger partial charge in [0.05, 0.1) is 13.5 Å². The molecule has 0 spiro atoms. The molecule has 94 valence electrons. The number of halogens is 1. The standard InChI is InChI=1S/C13H18ClNO2/c1-4-9(2)15-13(16)7-10-5-6-11(17-3)8-12(10)14/h5-6,8-9H,4,7H2,1-3H3,(H,15,16). The van der Waals surface area contributed by atoms with E-state index in [9.17, 15) is 4.79 Å². The van der Waals surface area contributed by atoms with E-state index in [4.69, 9.17) is 16.3 Å². The van der Waals surface area contributed by atoms with Crippen LogP contribution in [0.4, 0.5) is 0 Å². The van der Waals surface area contributed by atoms with E-state index in [2.05, 4.69) is 5.32 Å². The Morgan fingerprint density at radius 2 is 2.24 bits per heavy atom. The number of nitrogens with one attached hydrogen (secondary N) is 1. The molecular weight excluding hydrogens is 238 g/mol. The summed E-state index contributed by atoms with van der Waals surface area (Å²) < 4.78 is 5.05. The van der Waals surface area contributed by atoms with Crippen molar-refractivity contribution in [2.24, 2.45) is 0 Å². The number of carbonyl (C=O) groups excluding carboxylic acids is 1. The van der Waals surface area contributed by atoms with Crippen molar-refractivity contribution in [3.05, 3.63) is 28.8 Å². The first-order chi connectivity index (χ1) is 8.06. The summed E-state index contributed by atoms with van der Waals surface area (Å²) in [7, 11) is 1.58. The molecule has 0 aliphatic carbocycles. The number of ether oxygens (including phenoxy) is 1. The Balaban J connectivity index is 2.65. The SMILES string of the molecule is CCC(C)NC(=O)Cc1ccc(OC)cc1Cl. The lowest BCUT2D eigenvalue weighted by Gasteiger charge is -2.12. The van der Waals surface area contributed by atoms with Gasteiger partial charge in [-0.2, -0.15) is 0 Å². The first kappa shape index (κ1) is 13.8. The molecule has 3 nitrogen and oxygen atoms in total. The van der Waals surface area contributed by atoms with Gasteiger partial charge in [0.2, 0.25) is 5.91 Å². The van der Waals surface area contributed by atoms with E-state index < -0.39 is 0 Å². The number of amides is 1. The van der Waals surface area contributed by atoms with Crippen LogP contribution in [0.25, 0.3) is 0 Å². The fourth-order valence-corrected chi connectivity index (χ4v) is 1.64. The Labute approximate surface area is 107 Å². The minimum atomic E-state index is -0.00795. The maximum atomic E-state index is 11.7. The Morgan fingerprint density at radius 1 is 1.53 bits per heavy atom. The fourth-order valence-electron chi connectivity index (χ4n) is 1.40. The zero-order valence-corrected chi connectivity index (χ0v) is 11.2. The summed E-state index contributed by atoms with van der Waals surface area (Å²) in [5.74, 6) is 0.688. The number of methoxy groups -OCH3 is 1. The number of hydrogen-bond donors (Lipinski definition) is 1. The Hall–Kier alpha value is -1.22. The minimum absolute atomic E-state index is 0.00795. The van der Waals surface area contributed by atoms with Gasteiger partial charge in [-0.25, -0.2) is 0 Å². The van der Waals surface area contributed by atoms with Crippen LogP contribution in [0.3, 0.4) is 0 Å². The highest BCUT2D eigenvalue weighted by Gasteiger charge is 2.09. The monoisotopic (exact) mass is 255 g/mol. The molecule has 0 bridgehead atoms. The molecular formula is C13H18ClNO2. The van der Waals surface area contributed by atoms with E-state index in [-0.39, 0.29) is 11.9 Å². The van der Waals surface area contributed by atoms with Crippen molar-refractivity contribution >= 4 is 17.5 Å². The summed E-state index contributed by atoms with van der Waals surface area (Å²) in [6.07, 6.45) is 1.22.